The molecule has 0 spiro atoms. The summed E-state index contributed by atoms with van der Waals surface area (Å²) in [5.74, 6) is 0. The first-order valence-electron chi connectivity index (χ1n) is 3.84. The van der Waals surface area contributed by atoms with E-state index < -0.39 is 12.1 Å². The number of halogens is 3. The minimum Gasteiger partial charge on any atom is -0.249 e. The normalized spacial score (nSPS) is 10.3. The molecule has 14 heavy (non-hydrogen) atoms. The van der Waals surface area contributed by atoms with E-state index in [-0.39, 0.29) is 5.56 Å². The molecule has 2 nitrogen and oxygen atoms in total. The fraction of sp³-hybridized carbons (Fsp3) is 0.333. The zero-order chi connectivity index (χ0) is 10.7. The average Bonchev–Trinajstić information content (AvgIpc) is 2.16. The Labute approximate surface area is 88.7 Å². The molecule has 5 heteroatoms. The zero-order valence-electron chi connectivity index (χ0n) is 7.39. The van der Waals surface area contributed by atoms with Crippen LogP contribution in [0.15, 0.2) is 6.07 Å². The SMILES string of the molecule is Cc1cc(C#N)c(C(F)F)nc1CBr. The van der Waals surface area contributed by atoms with Gasteiger partial charge in [-0.15, -0.1) is 0 Å². The third kappa shape index (κ3) is 2.07. The van der Waals surface area contributed by atoms with Crippen LogP contribution in [0.2, 0.25) is 0 Å². The van der Waals surface area contributed by atoms with Gasteiger partial charge in [-0.05, 0) is 18.6 Å². The smallest absolute Gasteiger partial charge is 0.249 e. The lowest BCUT2D eigenvalue weighted by Gasteiger charge is -2.06. The zero-order valence-corrected chi connectivity index (χ0v) is 8.98. The molecule has 0 saturated carbocycles. The monoisotopic (exact) mass is 260 g/mol. The topological polar surface area (TPSA) is 36.7 Å². The van der Waals surface area contributed by atoms with E-state index in [4.69, 9.17) is 5.26 Å². The standard InChI is InChI=1S/C9H7BrF2N2/c1-5-2-6(4-13)8(9(11)12)14-7(5)3-10/h2,9H,3H2,1H3. The van der Waals surface area contributed by atoms with Gasteiger partial charge in [0.05, 0.1) is 11.3 Å². The fourth-order valence-electron chi connectivity index (χ4n) is 1.06. The van der Waals surface area contributed by atoms with Crippen LogP contribution in [-0.2, 0) is 5.33 Å². The van der Waals surface area contributed by atoms with Crippen molar-refractivity contribution in [2.24, 2.45) is 0 Å². The molecule has 0 amide bonds. The predicted molar refractivity (Wildman–Crippen MR) is 51.3 cm³/mol. The lowest BCUT2D eigenvalue weighted by atomic mass is 10.1. The second-order valence-corrected chi connectivity index (χ2v) is 3.29. The number of nitrogens with zero attached hydrogens (tertiary/aromatic N) is 2. The Hall–Kier alpha value is -1.02. The summed E-state index contributed by atoms with van der Waals surface area (Å²) >= 11 is 3.15. The van der Waals surface area contributed by atoms with Crippen molar-refractivity contribution in [3.8, 4) is 6.07 Å². The molecule has 0 unspecified atom stereocenters. The van der Waals surface area contributed by atoms with E-state index in [2.05, 4.69) is 20.9 Å². The summed E-state index contributed by atoms with van der Waals surface area (Å²) in [5.41, 5.74) is 0.789. The average molecular weight is 261 g/mol. The van der Waals surface area contributed by atoms with Gasteiger partial charge >= 0.3 is 0 Å². The van der Waals surface area contributed by atoms with Gasteiger partial charge in [-0.2, -0.15) is 5.26 Å². The summed E-state index contributed by atoms with van der Waals surface area (Å²) in [7, 11) is 0. The Morgan fingerprint density at radius 1 is 1.64 bits per heavy atom. The van der Waals surface area contributed by atoms with Crippen LogP contribution in [0.3, 0.4) is 0 Å². The van der Waals surface area contributed by atoms with Gasteiger partial charge in [-0.3, -0.25) is 0 Å². The van der Waals surface area contributed by atoms with Crippen LogP contribution in [-0.4, -0.2) is 4.98 Å². The molecule has 0 atom stereocenters. The van der Waals surface area contributed by atoms with E-state index in [0.717, 1.165) is 5.56 Å². The van der Waals surface area contributed by atoms with Gasteiger partial charge in [-0.25, -0.2) is 13.8 Å². The summed E-state index contributed by atoms with van der Waals surface area (Å²) in [4.78, 5) is 3.74. The molecule has 1 rings (SSSR count). The second kappa shape index (κ2) is 4.47. The van der Waals surface area contributed by atoms with Crippen LogP contribution in [0.5, 0.6) is 0 Å². The number of alkyl halides is 3. The minimum absolute atomic E-state index is 0.0535. The van der Waals surface area contributed by atoms with Crippen LogP contribution in [0.4, 0.5) is 8.78 Å². The highest BCUT2D eigenvalue weighted by molar-refractivity contribution is 9.08. The van der Waals surface area contributed by atoms with E-state index in [1.807, 2.05) is 0 Å². The maximum Gasteiger partial charge on any atom is 0.281 e. The Kier molecular flexibility index (Phi) is 3.53. The van der Waals surface area contributed by atoms with Gasteiger partial charge in [0, 0.05) is 5.33 Å². The predicted octanol–water partition coefficient (Wildman–Crippen LogP) is 3.09. The summed E-state index contributed by atoms with van der Waals surface area (Å²) in [6.07, 6.45) is -2.71. The van der Waals surface area contributed by atoms with Crippen molar-refractivity contribution in [3.63, 3.8) is 0 Å². The van der Waals surface area contributed by atoms with Crippen molar-refractivity contribution >= 4 is 15.9 Å². The third-order valence-corrected chi connectivity index (χ3v) is 2.33. The number of nitriles is 1. The lowest BCUT2D eigenvalue weighted by Crippen LogP contribution is -2.01. The Morgan fingerprint density at radius 2 is 2.29 bits per heavy atom. The summed E-state index contributed by atoms with van der Waals surface area (Å²) in [5, 5.41) is 9.03. The van der Waals surface area contributed by atoms with Crippen LogP contribution in [0.25, 0.3) is 0 Å². The van der Waals surface area contributed by atoms with Gasteiger partial charge in [0.25, 0.3) is 6.43 Å². The molecule has 0 aliphatic carbocycles. The van der Waals surface area contributed by atoms with Gasteiger partial charge in [-0.1, -0.05) is 15.9 Å². The summed E-state index contributed by atoms with van der Waals surface area (Å²) < 4.78 is 24.9. The number of aromatic nitrogens is 1. The molecular weight excluding hydrogens is 254 g/mol. The molecule has 0 fully saturated rings. The number of aryl methyl sites for hydroxylation is 1. The van der Waals surface area contributed by atoms with E-state index in [9.17, 15) is 8.78 Å². The van der Waals surface area contributed by atoms with Crippen molar-refractivity contribution in [2.45, 2.75) is 18.7 Å². The first kappa shape index (κ1) is 11.1. The molecule has 0 radical (unpaired) electrons. The van der Waals surface area contributed by atoms with Crippen molar-refractivity contribution in [1.82, 2.24) is 4.98 Å². The largest absolute Gasteiger partial charge is 0.281 e. The molecule has 0 aromatic carbocycles. The molecule has 0 N–H and O–H groups in total. The van der Waals surface area contributed by atoms with E-state index in [1.165, 1.54) is 6.07 Å². The van der Waals surface area contributed by atoms with Crippen LogP contribution >= 0.6 is 15.9 Å². The number of hydrogen-bond donors (Lipinski definition) is 0. The molecule has 1 heterocycles. The van der Waals surface area contributed by atoms with Crippen molar-refractivity contribution in [2.75, 3.05) is 0 Å². The molecule has 0 aliphatic heterocycles. The molecule has 1 aromatic heterocycles. The van der Waals surface area contributed by atoms with Crippen molar-refractivity contribution in [3.05, 3.63) is 28.6 Å². The van der Waals surface area contributed by atoms with Crippen LogP contribution in [0.1, 0.15) is 28.9 Å². The molecule has 0 saturated heterocycles. The summed E-state index contributed by atoms with van der Waals surface area (Å²) in [6.45, 7) is 1.74. The number of hydrogen-bond acceptors (Lipinski definition) is 2. The molecule has 1 aromatic rings. The first-order chi connectivity index (χ1) is 6.60. The van der Waals surface area contributed by atoms with Gasteiger partial charge < -0.3 is 0 Å². The van der Waals surface area contributed by atoms with E-state index >= 15 is 0 Å². The molecule has 0 bridgehead atoms. The van der Waals surface area contributed by atoms with Crippen LogP contribution < -0.4 is 0 Å². The van der Waals surface area contributed by atoms with Crippen molar-refractivity contribution < 1.29 is 8.78 Å². The van der Waals surface area contributed by atoms with Gasteiger partial charge in [0.15, 0.2) is 0 Å². The van der Waals surface area contributed by atoms with Gasteiger partial charge in [0.2, 0.25) is 0 Å². The minimum atomic E-state index is -2.71. The summed E-state index contributed by atoms with van der Waals surface area (Å²) in [6, 6.07) is 3.15. The highest BCUT2D eigenvalue weighted by Crippen LogP contribution is 2.23. The van der Waals surface area contributed by atoms with Crippen LogP contribution in [0, 0.1) is 18.3 Å². The van der Waals surface area contributed by atoms with E-state index in [1.54, 1.807) is 13.0 Å². The highest BCUT2D eigenvalue weighted by atomic mass is 79.9. The maximum absolute atomic E-state index is 12.4. The first-order valence-corrected chi connectivity index (χ1v) is 4.97. The Balaban J connectivity index is 3.34. The maximum atomic E-state index is 12.4. The second-order valence-electron chi connectivity index (χ2n) is 2.73. The molecular formula is C9H7BrF2N2. The van der Waals surface area contributed by atoms with Gasteiger partial charge in [0.1, 0.15) is 11.8 Å². The van der Waals surface area contributed by atoms with E-state index in [0.29, 0.717) is 11.0 Å². The number of rotatable bonds is 2. The molecule has 0 aliphatic rings. The quantitative estimate of drug-likeness (QED) is 0.767. The molecule has 74 valence electrons. The Morgan fingerprint density at radius 3 is 2.71 bits per heavy atom. The van der Waals surface area contributed by atoms with Crippen molar-refractivity contribution in [1.29, 1.82) is 5.26 Å². The fourth-order valence-corrected chi connectivity index (χ4v) is 1.63. The lowest BCUT2D eigenvalue weighted by molar-refractivity contribution is 0.145. The Bertz CT molecular complexity index is 385. The highest BCUT2D eigenvalue weighted by Gasteiger charge is 2.16. The third-order valence-electron chi connectivity index (χ3n) is 1.80. The number of pyridine rings is 1.